The van der Waals surface area contributed by atoms with Gasteiger partial charge in [-0.3, -0.25) is 0 Å². The first-order valence-electron chi connectivity index (χ1n) is 21.9. The number of methoxy groups -OCH3 is 4. The topological polar surface area (TPSA) is 71.6 Å². The third-order valence-corrected chi connectivity index (χ3v) is 12.0. The lowest BCUT2D eigenvalue weighted by Gasteiger charge is -2.27. The first-order valence-corrected chi connectivity index (χ1v) is 21.9. The number of anilines is 6. The Labute approximate surface area is 396 Å². The highest BCUT2D eigenvalue weighted by atomic mass is 16.5. The molecule has 0 spiro atoms. The summed E-state index contributed by atoms with van der Waals surface area (Å²) in [5.41, 5.74) is 9.99. The highest BCUT2D eigenvalue weighted by molar-refractivity contribution is 6.03. The second kappa shape index (κ2) is 19.9. The molecule has 9 aromatic carbocycles. The van der Waals surface area contributed by atoms with E-state index in [2.05, 4.69) is 93.5 Å². The average molecular weight is 887 g/mol. The first-order chi connectivity index (χ1) is 33.4. The van der Waals surface area contributed by atoms with Crippen molar-refractivity contribution in [1.82, 2.24) is 0 Å². The summed E-state index contributed by atoms with van der Waals surface area (Å²) in [5, 5.41) is 14.4. The molecule has 0 aliphatic heterocycles. The van der Waals surface area contributed by atoms with Crippen molar-refractivity contribution >= 4 is 85.7 Å². The molecule has 0 aliphatic rings. The molecular formula is C60H46N4O4. The largest absolute Gasteiger partial charge is 0.497 e. The van der Waals surface area contributed by atoms with Gasteiger partial charge < -0.3 is 28.7 Å². The van der Waals surface area contributed by atoms with Gasteiger partial charge in [0, 0.05) is 44.3 Å². The van der Waals surface area contributed by atoms with E-state index < -0.39 is 0 Å². The van der Waals surface area contributed by atoms with E-state index in [1.807, 2.05) is 121 Å². The summed E-state index contributed by atoms with van der Waals surface area (Å²) in [6, 6.07) is 63.1. The lowest BCUT2D eigenvalue weighted by atomic mass is 10.0. The lowest BCUT2D eigenvalue weighted by molar-refractivity contribution is 0.414. The van der Waals surface area contributed by atoms with E-state index in [-0.39, 0.29) is 0 Å². The maximum absolute atomic E-state index is 10.3. The summed E-state index contributed by atoms with van der Waals surface area (Å²) in [5.74, 6) is 3.16. The maximum atomic E-state index is 10.3. The molecule has 9 rings (SSSR count). The third-order valence-electron chi connectivity index (χ3n) is 12.0. The van der Waals surface area contributed by atoms with Crippen LogP contribution in [0.4, 0.5) is 39.8 Å². The number of hydrogen-bond acceptors (Lipinski definition) is 7. The van der Waals surface area contributed by atoms with Gasteiger partial charge in [-0.1, -0.05) is 97.1 Å². The van der Waals surface area contributed by atoms with Crippen molar-refractivity contribution in [3.8, 4) is 29.1 Å². The Balaban J connectivity index is 0.980. The van der Waals surface area contributed by atoms with Gasteiger partial charge in [0.15, 0.2) is 5.69 Å². The Bertz CT molecular complexity index is 3170. The Morgan fingerprint density at radius 3 is 1.22 bits per heavy atom. The number of fused-ring (bicyclic) bond motifs is 2. The van der Waals surface area contributed by atoms with E-state index in [1.54, 1.807) is 40.6 Å². The van der Waals surface area contributed by atoms with Crippen molar-refractivity contribution in [2.75, 3.05) is 38.2 Å². The molecular weight excluding hydrogens is 841 g/mol. The van der Waals surface area contributed by atoms with E-state index in [4.69, 9.17) is 25.5 Å². The standard InChI is InChI=1S/C60H46N4O4/c1-62-56-39-43(20-14-41-16-22-46(23-17-41)63(48-26-30-50(65-2)31-27-48)57-34-36-59(67-4)54-12-8-6-10-52(54)57)45(40-61)38-44(56)21-15-42-18-24-47(25-19-42)64(49-28-32-51(66-3)33-29-49)58-35-37-60(68-5)55-13-9-7-11-53(55)58/h6-39H,2-5H3. The van der Waals surface area contributed by atoms with Gasteiger partial charge in [-0.15, -0.1) is 0 Å². The number of nitrogens with zero attached hydrogens (tertiary/aromatic N) is 4. The minimum atomic E-state index is 0.450. The summed E-state index contributed by atoms with van der Waals surface area (Å²) in [7, 11) is 6.70. The monoisotopic (exact) mass is 886 g/mol. The van der Waals surface area contributed by atoms with Crippen LogP contribution in [-0.2, 0) is 0 Å². The molecule has 0 saturated heterocycles. The maximum Gasteiger partial charge on any atom is 0.194 e. The molecule has 0 amide bonds. The molecule has 0 saturated carbocycles. The minimum Gasteiger partial charge on any atom is -0.497 e. The average Bonchev–Trinajstić information content (AvgIpc) is 3.40. The normalized spacial score (nSPS) is 11.1. The van der Waals surface area contributed by atoms with E-state index >= 15 is 0 Å². The molecule has 0 N–H and O–H groups in total. The highest BCUT2D eigenvalue weighted by Gasteiger charge is 2.19. The third kappa shape index (κ3) is 8.91. The van der Waals surface area contributed by atoms with E-state index in [1.165, 1.54) is 0 Å². The van der Waals surface area contributed by atoms with Gasteiger partial charge in [0.25, 0.3) is 0 Å². The van der Waals surface area contributed by atoms with Crippen molar-refractivity contribution in [3.05, 3.63) is 221 Å². The van der Waals surface area contributed by atoms with Gasteiger partial charge in [0.2, 0.25) is 0 Å². The summed E-state index contributed by atoms with van der Waals surface area (Å²) in [6.07, 6.45) is 7.73. The van der Waals surface area contributed by atoms with Crippen LogP contribution in [0.3, 0.4) is 0 Å². The van der Waals surface area contributed by atoms with Crippen LogP contribution >= 0.6 is 0 Å². The molecule has 0 radical (unpaired) electrons. The number of nitriles is 1. The van der Waals surface area contributed by atoms with Gasteiger partial charge in [-0.25, -0.2) is 4.85 Å². The molecule has 8 heteroatoms. The Kier molecular flexibility index (Phi) is 12.9. The molecule has 0 atom stereocenters. The highest BCUT2D eigenvalue weighted by Crippen LogP contribution is 2.44. The van der Waals surface area contributed by atoms with Crippen LogP contribution in [0.1, 0.15) is 27.8 Å². The fraction of sp³-hybridized carbons (Fsp3) is 0.0667. The predicted molar refractivity (Wildman–Crippen MR) is 279 cm³/mol. The zero-order valence-electron chi connectivity index (χ0n) is 38.1. The number of benzene rings is 9. The molecule has 0 aromatic heterocycles. The van der Waals surface area contributed by atoms with Crippen molar-refractivity contribution in [2.24, 2.45) is 0 Å². The molecule has 68 heavy (non-hydrogen) atoms. The number of hydrogen-bond donors (Lipinski definition) is 0. The fourth-order valence-electron chi connectivity index (χ4n) is 8.50. The van der Waals surface area contributed by atoms with Crippen molar-refractivity contribution in [3.63, 3.8) is 0 Å². The van der Waals surface area contributed by atoms with Crippen LogP contribution in [0.2, 0.25) is 0 Å². The van der Waals surface area contributed by atoms with Gasteiger partial charge in [0.1, 0.15) is 23.0 Å². The van der Waals surface area contributed by atoms with Crippen molar-refractivity contribution in [1.29, 1.82) is 5.26 Å². The second-order valence-electron chi connectivity index (χ2n) is 15.8. The van der Waals surface area contributed by atoms with Crippen LogP contribution in [0.15, 0.2) is 182 Å². The zero-order chi connectivity index (χ0) is 47.0. The Morgan fingerprint density at radius 1 is 0.441 bits per heavy atom. The van der Waals surface area contributed by atoms with Gasteiger partial charge in [-0.2, -0.15) is 5.26 Å². The Hall–Kier alpha value is -9.24. The lowest BCUT2D eigenvalue weighted by Crippen LogP contribution is -2.10. The summed E-state index contributed by atoms with van der Waals surface area (Å²) in [4.78, 5) is 8.30. The van der Waals surface area contributed by atoms with Crippen LogP contribution in [0, 0.1) is 17.9 Å². The van der Waals surface area contributed by atoms with Crippen molar-refractivity contribution in [2.45, 2.75) is 0 Å². The molecule has 9 aromatic rings. The quantitative estimate of drug-likeness (QED) is 0.0795. The Morgan fingerprint density at radius 2 is 0.838 bits per heavy atom. The molecule has 0 heterocycles. The van der Waals surface area contributed by atoms with Crippen LogP contribution in [0.5, 0.6) is 23.0 Å². The summed E-state index contributed by atoms with van der Waals surface area (Å²) < 4.78 is 22.4. The zero-order valence-corrected chi connectivity index (χ0v) is 38.1. The van der Waals surface area contributed by atoms with Gasteiger partial charge >= 0.3 is 0 Å². The summed E-state index contributed by atoms with van der Waals surface area (Å²) >= 11 is 0. The predicted octanol–water partition coefficient (Wildman–Crippen LogP) is 15.7. The van der Waals surface area contributed by atoms with Gasteiger partial charge in [-0.05, 0) is 131 Å². The number of rotatable bonds is 14. The molecule has 8 nitrogen and oxygen atoms in total. The van der Waals surface area contributed by atoms with Crippen LogP contribution in [0.25, 0.3) is 50.7 Å². The van der Waals surface area contributed by atoms with E-state index in [0.29, 0.717) is 22.4 Å². The van der Waals surface area contributed by atoms with Crippen molar-refractivity contribution < 1.29 is 18.9 Å². The molecule has 0 bridgehead atoms. The van der Waals surface area contributed by atoms with E-state index in [0.717, 1.165) is 89.8 Å². The SMILES string of the molecule is [C-]#[N+]c1cc(C=Cc2ccc(N(c3ccc(OC)cc3)c3ccc(OC)c4ccccc34)cc2)c(C#N)cc1C=Cc1ccc(N(c2ccc(OC)cc2)c2ccc(OC)c3ccccc23)cc1. The summed E-state index contributed by atoms with van der Waals surface area (Å²) in [6.45, 7) is 8.08. The minimum absolute atomic E-state index is 0.450. The van der Waals surface area contributed by atoms with E-state index in [9.17, 15) is 5.26 Å². The van der Waals surface area contributed by atoms with Crippen LogP contribution in [-0.4, -0.2) is 28.4 Å². The number of ether oxygens (including phenoxy) is 4. The fourth-order valence-corrected chi connectivity index (χ4v) is 8.50. The molecule has 330 valence electrons. The van der Waals surface area contributed by atoms with Gasteiger partial charge in [0.05, 0.1) is 58.0 Å². The smallest absolute Gasteiger partial charge is 0.194 e. The first kappa shape index (κ1) is 44.0. The molecule has 0 unspecified atom stereocenters. The second-order valence-corrected chi connectivity index (χ2v) is 15.8. The molecule has 0 fully saturated rings. The van der Waals surface area contributed by atoms with Crippen LogP contribution < -0.4 is 28.7 Å². The molecule has 0 aliphatic carbocycles.